The molecule has 7 heteroatoms. The van der Waals surface area contributed by atoms with Crippen LogP contribution in [-0.4, -0.2) is 23.0 Å². The van der Waals surface area contributed by atoms with Crippen molar-refractivity contribution in [3.8, 4) is 17.9 Å². The van der Waals surface area contributed by atoms with E-state index in [2.05, 4.69) is 15.3 Å². The number of ether oxygens (including phenoxy) is 1. The Morgan fingerprint density at radius 2 is 1.93 bits per heavy atom. The molecule has 2 aliphatic carbocycles. The largest absolute Gasteiger partial charge is 0.495 e. The first-order valence-corrected chi connectivity index (χ1v) is 9.49. The van der Waals surface area contributed by atoms with Gasteiger partial charge in [0.2, 0.25) is 5.91 Å². The number of carbonyl (C=O) groups excluding carboxylic acids is 1. The van der Waals surface area contributed by atoms with Crippen LogP contribution in [0.3, 0.4) is 0 Å². The fraction of sp³-hybridized carbons (Fsp3) is 0.409. The van der Waals surface area contributed by atoms with Crippen molar-refractivity contribution in [1.82, 2.24) is 9.97 Å². The number of aryl methyl sites for hydroxylation is 1. The van der Waals surface area contributed by atoms with E-state index in [1.165, 1.54) is 0 Å². The Balaban J connectivity index is 1.86. The van der Waals surface area contributed by atoms with Gasteiger partial charge in [0.25, 0.3) is 0 Å². The first kappa shape index (κ1) is 18.9. The maximum atomic E-state index is 13.7. The topological polar surface area (TPSA) is 112 Å². The highest BCUT2D eigenvalue weighted by Gasteiger charge is 2.68. The van der Waals surface area contributed by atoms with E-state index in [0.29, 0.717) is 29.2 Å². The molecule has 1 heterocycles. The number of nitrogens with zero attached hydrogens (tertiary/aromatic N) is 4. The third-order valence-electron chi connectivity index (χ3n) is 6.64. The molecule has 1 aromatic heterocycles. The molecule has 2 aliphatic rings. The van der Waals surface area contributed by atoms with Crippen LogP contribution in [0, 0.1) is 35.0 Å². The minimum Gasteiger partial charge on any atom is -0.495 e. The lowest BCUT2D eigenvalue weighted by atomic mass is 9.67. The van der Waals surface area contributed by atoms with E-state index < -0.39 is 10.8 Å². The second-order valence-electron chi connectivity index (χ2n) is 8.25. The van der Waals surface area contributed by atoms with Gasteiger partial charge in [-0.3, -0.25) is 4.79 Å². The van der Waals surface area contributed by atoms with Crippen LogP contribution in [0.1, 0.15) is 60.9 Å². The molecular weight excluding hydrogens is 366 g/mol. The van der Waals surface area contributed by atoms with Gasteiger partial charge in [-0.05, 0) is 42.9 Å². The number of fused-ring (bicyclic) bond motifs is 5. The van der Waals surface area contributed by atoms with Crippen LogP contribution >= 0.6 is 0 Å². The quantitative estimate of drug-likeness (QED) is 0.864. The van der Waals surface area contributed by atoms with Crippen LogP contribution in [0.4, 0.5) is 5.69 Å². The zero-order valence-corrected chi connectivity index (χ0v) is 16.8. The molecule has 29 heavy (non-hydrogen) atoms. The standard InChI is InChI=1S/C22H21N5O2/c1-12-5-6-17(29-4)14(9-12)27-20(28)22-8-7-13(21(22,2)3)18-19(22)26-16(11-24)15(10-23)25-18/h5-6,9,13H,7-8H2,1-4H3,(H,27,28). The lowest BCUT2D eigenvalue weighted by Gasteiger charge is -2.36. The van der Waals surface area contributed by atoms with E-state index in [9.17, 15) is 15.3 Å². The smallest absolute Gasteiger partial charge is 0.237 e. The van der Waals surface area contributed by atoms with E-state index in [4.69, 9.17) is 4.74 Å². The van der Waals surface area contributed by atoms with E-state index in [1.54, 1.807) is 7.11 Å². The van der Waals surface area contributed by atoms with E-state index in [1.807, 2.05) is 51.1 Å². The third-order valence-corrected chi connectivity index (χ3v) is 6.64. The van der Waals surface area contributed by atoms with Crippen LogP contribution in [0.2, 0.25) is 0 Å². The van der Waals surface area contributed by atoms with Crippen molar-refractivity contribution in [2.45, 2.75) is 44.9 Å². The lowest BCUT2D eigenvalue weighted by Crippen LogP contribution is -2.47. The SMILES string of the molecule is COc1ccc(C)cc1NC(=O)C12CCC(c3nc(C#N)c(C#N)nc31)C2(C)C. The molecule has 2 atom stereocenters. The van der Waals surface area contributed by atoms with E-state index in [0.717, 1.165) is 12.0 Å². The maximum absolute atomic E-state index is 13.7. The second-order valence-corrected chi connectivity index (χ2v) is 8.25. The van der Waals surface area contributed by atoms with E-state index >= 15 is 0 Å². The molecular formula is C22H21N5O2. The fourth-order valence-corrected chi connectivity index (χ4v) is 5.07. The highest BCUT2D eigenvalue weighted by molar-refractivity contribution is 6.02. The van der Waals surface area contributed by atoms with Gasteiger partial charge in [-0.25, -0.2) is 9.97 Å². The van der Waals surface area contributed by atoms with Gasteiger partial charge in [0.05, 0.1) is 29.6 Å². The summed E-state index contributed by atoms with van der Waals surface area (Å²) in [5.41, 5.74) is 1.41. The Morgan fingerprint density at radius 1 is 1.24 bits per heavy atom. The van der Waals surface area contributed by atoms with Crippen LogP contribution < -0.4 is 10.1 Å². The zero-order chi connectivity index (χ0) is 21.0. The summed E-state index contributed by atoms with van der Waals surface area (Å²) in [5, 5.41) is 21.8. The number of hydrogen-bond acceptors (Lipinski definition) is 6. The number of nitrogens with one attached hydrogen (secondary N) is 1. The predicted molar refractivity (Wildman–Crippen MR) is 105 cm³/mol. The molecule has 0 saturated heterocycles. The predicted octanol–water partition coefficient (Wildman–Crippen LogP) is 3.33. The Bertz CT molecular complexity index is 1130. The molecule has 0 spiro atoms. The molecule has 4 rings (SSSR count). The molecule has 1 N–H and O–H groups in total. The number of amides is 1. The summed E-state index contributed by atoms with van der Waals surface area (Å²) in [6, 6.07) is 9.51. The molecule has 2 aromatic rings. The first-order valence-electron chi connectivity index (χ1n) is 9.49. The third kappa shape index (κ3) is 2.37. The fourth-order valence-electron chi connectivity index (χ4n) is 5.07. The first-order chi connectivity index (χ1) is 13.8. The van der Waals surface area contributed by atoms with Crippen LogP contribution in [-0.2, 0) is 10.2 Å². The number of carbonyl (C=O) groups is 1. The number of nitriles is 2. The van der Waals surface area contributed by atoms with Crippen molar-refractivity contribution in [3.05, 3.63) is 46.5 Å². The maximum Gasteiger partial charge on any atom is 0.237 e. The van der Waals surface area contributed by atoms with Crippen molar-refractivity contribution in [3.63, 3.8) is 0 Å². The van der Waals surface area contributed by atoms with Crippen molar-refractivity contribution in [2.24, 2.45) is 5.41 Å². The second kappa shape index (κ2) is 6.28. The lowest BCUT2D eigenvalue weighted by molar-refractivity contribution is -0.124. The highest BCUT2D eigenvalue weighted by atomic mass is 16.5. The number of methoxy groups -OCH3 is 1. The molecule has 0 radical (unpaired) electrons. The summed E-state index contributed by atoms with van der Waals surface area (Å²) >= 11 is 0. The summed E-state index contributed by atoms with van der Waals surface area (Å²) < 4.78 is 5.41. The monoisotopic (exact) mass is 387 g/mol. The average molecular weight is 387 g/mol. The molecule has 7 nitrogen and oxygen atoms in total. The Labute approximate surface area is 169 Å². The molecule has 0 aliphatic heterocycles. The molecule has 2 bridgehead atoms. The summed E-state index contributed by atoms with van der Waals surface area (Å²) in [7, 11) is 1.56. The van der Waals surface area contributed by atoms with Crippen molar-refractivity contribution in [1.29, 1.82) is 10.5 Å². The van der Waals surface area contributed by atoms with Crippen molar-refractivity contribution < 1.29 is 9.53 Å². The molecule has 1 aromatic carbocycles. The summed E-state index contributed by atoms with van der Waals surface area (Å²) in [6.45, 7) is 6.03. The Morgan fingerprint density at radius 3 is 2.59 bits per heavy atom. The summed E-state index contributed by atoms with van der Waals surface area (Å²) in [5.74, 6) is 0.403. The van der Waals surface area contributed by atoms with Gasteiger partial charge in [-0.2, -0.15) is 10.5 Å². The van der Waals surface area contributed by atoms with Gasteiger partial charge < -0.3 is 10.1 Å². The normalized spacial score (nSPS) is 23.0. The number of rotatable bonds is 3. The number of benzene rings is 1. The van der Waals surface area contributed by atoms with Crippen LogP contribution in [0.15, 0.2) is 18.2 Å². The van der Waals surface area contributed by atoms with Gasteiger partial charge in [0.15, 0.2) is 11.4 Å². The molecule has 1 amide bonds. The van der Waals surface area contributed by atoms with Crippen LogP contribution in [0.25, 0.3) is 0 Å². The van der Waals surface area contributed by atoms with Gasteiger partial charge in [0.1, 0.15) is 17.9 Å². The van der Waals surface area contributed by atoms with Crippen LogP contribution in [0.5, 0.6) is 5.75 Å². The van der Waals surface area contributed by atoms with Gasteiger partial charge in [-0.1, -0.05) is 19.9 Å². The highest BCUT2D eigenvalue weighted by Crippen LogP contribution is 2.67. The minimum atomic E-state index is -0.922. The molecule has 1 saturated carbocycles. The minimum absolute atomic E-state index is 0.00926. The Hall–Kier alpha value is -3.45. The average Bonchev–Trinajstić information content (AvgIpc) is 3.08. The number of hydrogen-bond donors (Lipinski definition) is 1. The zero-order valence-electron chi connectivity index (χ0n) is 16.8. The van der Waals surface area contributed by atoms with Gasteiger partial charge in [0, 0.05) is 5.92 Å². The number of anilines is 1. The van der Waals surface area contributed by atoms with E-state index in [-0.39, 0.29) is 23.2 Å². The Kier molecular flexibility index (Phi) is 4.09. The van der Waals surface area contributed by atoms with Crippen molar-refractivity contribution >= 4 is 11.6 Å². The molecule has 1 fully saturated rings. The van der Waals surface area contributed by atoms with Gasteiger partial charge in [-0.15, -0.1) is 0 Å². The molecule has 2 unspecified atom stereocenters. The number of aromatic nitrogens is 2. The van der Waals surface area contributed by atoms with Crippen molar-refractivity contribution in [2.75, 3.05) is 12.4 Å². The molecule has 146 valence electrons. The summed E-state index contributed by atoms with van der Waals surface area (Å²) in [4.78, 5) is 22.7. The summed E-state index contributed by atoms with van der Waals surface area (Å²) in [6.07, 6.45) is 1.40. The van der Waals surface area contributed by atoms with Gasteiger partial charge >= 0.3 is 0 Å².